The number of hydrogen-bond donors (Lipinski definition) is 0. The molecule has 1 saturated carbocycles. The molecule has 20 heavy (non-hydrogen) atoms. The predicted molar refractivity (Wildman–Crippen MR) is 78.6 cm³/mol. The van der Waals surface area contributed by atoms with Crippen molar-refractivity contribution in [3.05, 3.63) is 30.3 Å². The second kappa shape index (κ2) is 6.29. The average molecular weight is 276 g/mol. The summed E-state index contributed by atoms with van der Waals surface area (Å²) in [5, 5.41) is 0. The number of ether oxygens (including phenoxy) is 2. The lowest BCUT2D eigenvalue weighted by Gasteiger charge is -2.17. The second-order valence-electron chi connectivity index (χ2n) is 6.16. The van der Waals surface area contributed by atoms with E-state index in [4.69, 9.17) is 9.47 Å². The number of carbonyl (C=O) groups excluding carboxylic acids is 1. The Hall–Kier alpha value is -1.51. The van der Waals surface area contributed by atoms with Crippen molar-refractivity contribution < 1.29 is 14.3 Å². The lowest BCUT2D eigenvalue weighted by atomic mass is 9.92. The molecule has 2 rings (SSSR count). The van der Waals surface area contributed by atoms with E-state index in [1.807, 2.05) is 30.3 Å². The quantitative estimate of drug-likeness (QED) is 0.563. The van der Waals surface area contributed by atoms with Gasteiger partial charge in [-0.3, -0.25) is 4.79 Å². The van der Waals surface area contributed by atoms with Crippen molar-refractivity contribution in [1.29, 1.82) is 0 Å². The summed E-state index contributed by atoms with van der Waals surface area (Å²) in [6.45, 7) is 7.16. The van der Waals surface area contributed by atoms with Crippen LogP contribution in [-0.2, 0) is 9.53 Å². The maximum Gasteiger partial charge on any atom is 0.312 e. The minimum absolute atomic E-state index is 0.0460. The molecular weight excluding hydrogens is 252 g/mol. The first kappa shape index (κ1) is 14.9. The molecule has 0 spiro atoms. The summed E-state index contributed by atoms with van der Waals surface area (Å²) in [5.74, 6) is 1.73. The average Bonchev–Trinajstić information content (AvgIpc) is 3.06. The van der Waals surface area contributed by atoms with Crippen molar-refractivity contribution >= 4 is 5.97 Å². The summed E-state index contributed by atoms with van der Waals surface area (Å²) >= 11 is 0. The van der Waals surface area contributed by atoms with E-state index in [0.29, 0.717) is 25.0 Å². The van der Waals surface area contributed by atoms with Crippen molar-refractivity contribution in [2.45, 2.75) is 33.6 Å². The van der Waals surface area contributed by atoms with Gasteiger partial charge in [0.25, 0.3) is 0 Å². The Morgan fingerprint density at radius 1 is 1.30 bits per heavy atom. The minimum Gasteiger partial charge on any atom is -0.490 e. The summed E-state index contributed by atoms with van der Waals surface area (Å²) in [4.78, 5) is 12.2. The van der Waals surface area contributed by atoms with Gasteiger partial charge in [-0.15, -0.1) is 0 Å². The molecule has 1 fully saturated rings. The molecule has 1 aliphatic carbocycles. The topological polar surface area (TPSA) is 35.5 Å². The maximum atomic E-state index is 12.2. The smallest absolute Gasteiger partial charge is 0.312 e. The van der Waals surface area contributed by atoms with Gasteiger partial charge in [0.15, 0.2) is 0 Å². The van der Waals surface area contributed by atoms with Gasteiger partial charge in [-0.2, -0.15) is 0 Å². The molecule has 2 unspecified atom stereocenters. The fourth-order valence-electron chi connectivity index (χ4n) is 2.82. The number of hydrogen-bond acceptors (Lipinski definition) is 3. The van der Waals surface area contributed by atoms with Gasteiger partial charge in [-0.1, -0.05) is 39.0 Å². The van der Waals surface area contributed by atoms with Crippen LogP contribution >= 0.6 is 0 Å². The van der Waals surface area contributed by atoms with Gasteiger partial charge >= 0.3 is 5.97 Å². The monoisotopic (exact) mass is 276 g/mol. The Labute approximate surface area is 121 Å². The molecule has 1 aromatic rings. The molecule has 0 aromatic heterocycles. The van der Waals surface area contributed by atoms with E-state index in [1.165, 1.54) is 0 Å². The van der Waals surface area contributed by atoms with Gasteiger partial charge in [-0.25, -0.2) is 0 Å². The standard InChI is InChI=1S/C17H24O3/c1-13(2)11-17(12-14(17)3)16(18)20-10-9-19-15-7-5-4-6-8-15/h4-8,13-14H,9-12H2,1-3H3. The van der Waals surface area contributed by atoms with E-state index in [9.17, 15) is 4.79 Å². The van der Waals surface area contributed by atoms with Crippen LogP contribution in [0.5, 0.6) is 5.75 Å². The normalized spacial score (nSPS) is 24.5. The highest BCUT2D eigenvalue weighted by Crippen LogP contribution is 2.57. The Morgan fingerprint density at radius 3 is 2.50 bits per heavy atom. The molecule has 0 N–H and O–H groups in total. The summed E-state index contributed by atoms with van der Waals surface area (Å²) in [6.07, 6.45) is 1.89. The van der Waals surface area contributed by atoms with Gasteiger partial charge in [0.1, 0.15) is 19.0 Å². The molecule has 1 aliphatic rings. The van der Waals surface area contributed by atoms with Crippen LogP contribution in [0.25, 0.3) is 0 Å². The van der Waals surface area contributed by atoms with E-state index < -0.39 is 0 Å². The van der Waals surface area contributed by atoms with Crippen LogP contribution in [0.4, 0.5) is 0 Å². The first-order chi connectivity index (χ1) is 9.54. The van der Waals surface area contributed by atoms with E-state index in [1.54, 1.807) is 0 Å². The lowest BCUT2D eigenvalue weighted by molar-refractivity contribution is -0.152. The number of carbonyl (C=O) groups is 1. The van der Waals surface area contributed by atoms with Crippen molar-refractivity contribution in [3.8, 4) is 5.75 Å². The zero-order valence-corrected chi connectivity index (χ0v) is 12.6. The highest BCUT2D eigenvalue weighted by atomic mass is 16.6. The van der Waals surface area contributed by atoms with Crippen LogP contribution in [0.1, 0.15) is 33.6 Å². The van der Waals surface area contributed by atoms with E-state index in [-0.39, 0.29) is 11.4 Å². The molecule has 3 heteroatoms. The van der Waals surface area contributed by atoms with Crippen LogP contribution in [0.15, 0.2) is 30.3 Å². The number of rotatable bonds is 7. The Morgan fingerprint density at radius 2 is 1.95 bits per heavy atom. The Kier molecular flexibility index (Phi) is 4.69. The van der Waals surface area contributed by atoms with Crippen molar-refractivity contribution in [1.82, 2.24) is 0 Å². The fraction of sp³-hybridized carbons (Fsp3) is 0.588. The largest absolute Gasteiger partial charge is 0.490 e. The summed E-state index contributed by atoms with van der Waals surface area (Å²) in [7, 11) is 0. The predicted octanol–water partition coefficient (Wildman–Crippen LogP) is 3.68. The summed E-state index contributed by atoms with van der Waals surface area (Å²) in [6, 6.07) is 9.57. The third kappa shape index (κ3) is 3.53. The molecule has 0 aliphatic heterocycles. The highest BCUT2D eigenvalue weighted by molar-refractivity contribution is 5.80. The zero-order valence-electron chi connectivity index (χ0n) is 12.6. The molecule has 2 atom stereocenters. The third-order valence-corrected chi connectivity index (χ3v) is 3.96. The second-order valence-corrected chi connectivity index (χ2v) is 6.16. The van der Waals surface area contributed by atoms with Crippen LogP contribution in [0.3, 0.4) is 0 Å². The number of esters is 1. The molecule has 0 amide bonds. The van der Waals surface area contributed by atoms with E-state index in [0.717, 1.165) is 18.6 Å². The van der Waals surface area contributed by atoms with E-state index in [2.05, 4.69) is 20.8 Å². The maximum absolute atomic E-state index is 12.2. The first-order valence-electron chi connectivity index (χ1n) is 7.39. The Bertz CT molecular complexity index is 441. The van der Waals surface area contributed by atoms with E-state index >= 15 is 0 Å². The van der Waals surface area contributed by atoms with Crippen molar-refractivity contribution in [2.24, 2.45) is 17.3 Å². The molecule has 110 valence electrons. The van der Waals surface area contributed by atoms with Gasteiger partial charge in [0, 0.05) is 0 Å². The molecule has 0 heterocycles. The van der Waals surface area contributed by atoms with Crippen molar-refractivity contribution in [2.75, 3.05) is 13.2 Å². The van der Waals surface area contributed by atoms with Crippen LogP contribution in [-0.4, -0.2) is 19.2 Å². The Balaban J connectivity index is 1.73. The minimum atomic E-state index is -0.221. The third-order valence-electron chi connectivity index (χ3n) is 3.96. The van der Waals surface area contributed by atoms with Crippen molar-refractivity contribution in [3.63, 3.8) is 0 Å². The van der Waals surface area contributed by atoms with Gasteiger partial charge in [-0.05, 0) is 36.8 Å². The molecule has 0 radical (unpaired) electrons. The molecule has 0 bridgehead atoms. The molecular formula is C17H24O3. The van der Waals surface area contributed by atoms with Gasteiger partial charge in [0.2, 0.25) is 0 Å². The van der Waals surface area contributed by atoms with Crippen LogP contribution in [0, 0.1) is 17.3 Å². The summed E-state index contributed by atoms with van der Waals surface area (Å²) in [5.41, 5.74) is -0.221. The number of para-hydroxylation sites is 1. The lowest BCUT2D eigenvalue weighted by Crippen LogP contribution is -2.24. The van der Waals surface area contributed by atoms with Gasteiger partial charge in [0.05, 0.1) is 5.41 Å². The zero-order chi connectivity index (χ0) is 14.6. The molecule has 1 aromatic carbocycles. The molecule has 0 saturated heterocycles. The highest BCUT2D eigenvalue weighted by Gasteiger charge is 2.58. The first-order valence-corrected chi connectivity index (χ1v) is 7.39. The van der Waals surface area contributed by atoms with Crippen LogP contribution < -0.4 is 4.74 Å². The fourth-order valence-corrected chi connectivity index (χ4v) is 2.82. The number of benzene rings is 1. The SMILES string of the molecule is CC(C)CC1(C(=O)OCCOc2ccccc2)CC1C. The summed E-state index contributed by atoms with van der Waals surface area (Å²) < 4.78 is 10.9. The van der Waals surface area contributed by atoms with Crippen LogP contribution in [0.2, 0.25) is 0 Å². The molecule has 3 nitrogen and oxygen atoms in total. The van der Waals surface area contributed by atoms with Gasteiger partial charge < -0.3 is 9.47 Å².